The highest BCUT2D eigenvalue weighted by Gasteiger charge is 2.26. The molecule has 1 aliphatic heterocycles. The summed E-state index contributed by atoms with van der Waals surface area (Å²) in [5.74, 6) is -0.342. The molecular formula is C21H23FN2O3. The van der Waals surface area contributed by atoms with Gasteiger partial charge in [0.05, 0.1) is 5.92 Å². The number of amides is 2. The van der Waals surface area contributed by atoms with Crippen molar-refractivity contribution in [2.24, 2.45) is 11.8 Å². The molecule has 2 N–H and O–H groups in total. The van der Waals surface area contributed by atoms with E-state index in [1.54, 1.807) is 30.3 Å². The molecule has 0 spiro atoms. The van der Waals surface area contributed by atoms with E-state index in [-0.39, 0.29) is 42.6 Å². The zero-order valence-corrected chi connectivity index (χ0v) is 15.4. The zero-order valence-electron chi connectivity index (χ0n) is 15.4. The van der Waals surface area contributed by atoms with Crippen LogP contribution in [0, 0.1) is 17.7 Å². The van der Waals surface area contributed by atoms with Gasteiger partial charge in [0.2, 0.25) is 11.8 Å². The number of hydrogen-bond donors (Lipinski definition) is 2. The molecule has 142 valence electrons. The fourth-order valence-electron chi connectivity index (χ4n) is 2.90. The first kappa shape index (κ1) is 18.9. The first-order chi connectivity index (χ1) is 12.9. The van der Waals surface area contributed by atoms with Crippen molar-refractivity contribution < 1.29 is 18.7 Å². The van der Waals surface area contributed by atoms with Crippen LogP contribution in [0.1, 0.15) is 25.0 Å². The van der Waals surface area contributed by atoms with E-state index >= 15 is 0 Å². The van der Waals surface area contributed by atoms with Crippen LogP contribution in [0.4, 0.5) is 10.1 Å². The van der Waals surface area contributed by atoms with E-state index in [2.05, 4.69) is 10.6 Å². The van der Waals surface area contributed by atoms with Crippen LogP contribution >= 0.6 is 0 Å². The Labute approximate surface area is 157 Å². The standard InChI is InChI=1S/C21H23FN2O3/c1-13(2)20(25)24-17-7-8-19-15(10-17)9-16(12-27-19)21(26)23-11-14-5-3-4-6-18(14)22/h3-8,10,13,16H,9,11-12H2,1-2H3,(H,23,26)(H,24,25). The second-order valence-electron chi connectivity index (χ2n) is 6.99. The zero-order chi connectivity index (χ0) is 19.4. The van der Waals surface area contributed by atoms with Crippen LogP contribution in [0.25, 0.3) is 0 Å². The number of benzene rings is 2. The van der Waals surface area contributed by atoms with E-state index in [0.29, 0.717) is 17.7 Å². The second-order valence-corrected chi connectivity index (χ2v) is 6.99. The second kappa shape index (κ2) is 8.20. The fraction of sp³-hybridized carbons (Fsp3) is 0.333. The first-order valence-electron chi connectivity index (χ1n) is 9.01. The third kappa shape index (κ3) is 4.64. The van der Waals surface area contributed by atoms with Crippen molar-refractivity contribution in [1.82, 2.24) is 5.32 Å². The van der Waals surface area contributed by atoms with Gasteiger partial charge >= 0.3 is 0 Å². The predicted octanol–water partition coefficient (Wildman–Crippen LogP) is 3.29. The molecule has 0 radical (unpaired) electrons. The van der Waals surface area contributed by atoms with E-state index < -0.39 is 0 Å². The summed E-state index contributed by atoms with van der Waals surface area (Å²) in [7, 11) is 0. The highest BCUT2D eigenvalue weighted by Crippen LogP contribution is 2.30. The van der Waals surface area contributed by atoms with Crippen molar-refractivity contribution in [1.29, 1.82) is 0 Å². The van der Waals surface area contributed by atoms with Crippen molar-refractivity contribution in [3.05, 3.63) is 59.4 Å². The van der Waals surface area contributed by atoms with Crippen molar-refractivity contribution in [3.63, 3.8) is 0 Å². The number of ether oxygens (including phenoxy) is 1. The number of rotatable bonds is 5. The van der Waals surface area contributed by atoms with Crippen molar-refractivity contribution in [3.8, 4) is 5.75 Å². The predicted molar refractivity (Wildman–Crippen MR) is 101 cm³/mol. The lowest BCUT2D eigenvalue weighted by Crippen LogP contribution is -2.37. The minimum absolute atomic E-state index is 0.0640. The van der Waals surface area contributed by atoms with E-state index in [4.69, 9.17) is 4.74 Å². The van der Waals surface area contributed by atoms with Gasteiger partial charge in [0, 0.05) is 23.7 Å². The van der Waals surface area contributed by atoms with Gasteiger partial charge in [-0.2, -0.15) is 0 Å². The molecule has 27 heavy (non-hydrogen) atoms. The van der Waals surface area contributed by atoms with Crippen LogP contribution in [0.3, 0.4) is 0 Å². The Morgan fingerprint density at radius 1 is 1.22 bits per heavy atom. The SMILES string of the molecule is CC(C)C(=O)Nc1ccc2c(c1)CC(C(=O)NCc1ccccc1F)CO2. The molecule has 1 atom stereocenters. The summed E-state index contributed by atoms with van der Waals surface area (Å²) in [5.41, 5.74) is 2.00. The van der Waals surface area contributed by atoms with Gasteiger partial charge in [-0.05, 0) is 36.2 Å². The van der Waals surface area contributed by atoms with Gasteiger partial charge < -0.3 is 15.4 Å². The molecule has 0 saturated carbocycles. The summed E-state index contributed by atoms with van der Waals surface area (Å²) in [4.78, 5) is 24.3. The topological polar surface area (TPSA) is 67.4 Å². The number of nitrogens with one attached hydrogen (secondary N) is 2. The summed E-state index contributed by atoms with van der Waals surface area (Å²) in [5, 5.41) is 5.63. The molecule has 0 aromatic heterocycles. The summed E-state index contributed by atoms with van der Waals surface area (Å²) in [6.07, 6.45) is 0.504. The molecule has 2 aromatic rings. The Kier molecular flexibility index (Phi) is 5.74. The van der Waals surface area contributed by atoms with Crippen molar-refractivity contribution in [2.45, 2.75) is 26.8 Å². The number of carbonyl (C=O) groups is 2. The molecule has 1 heterocycles. The van der Waals surface area contributed by atoms with Crippen LogP contribution in [-0.4, -0.2) is 18.4 Å². The molecule has 0 bridgehead atoms. The Hall–Kier alpha value is -2.89. The van der Waals surface area contributed by atoms with Gasteiger partial charge in [0.15, 0.2) is 0 Å². The molecule has 0 fully saturated rings. The van der Waals surface area contributed by atoms with Gasteiger partial charge in [-0.25, -0.2) is 4.39 Å². The molecule has 2 aromatic carbocycles. The molecule has 0 saturated heterocycles. The first-order valence-corrected chi connectivity index (χ1v) is 9.01. The van der Waals surface area contributed by atoms with Crippen molar-refractivity contribution >= 4 is 17.5 Å². The lowest BCUT2D eigenvalue weighted by Gasteiger charge is -2.25. The van der Waals surface area contributed by atoms with E-state index in [0.717, 1.165) is 11.3 Å². The van der Waals surface area contributed by atoms with Crippen molar-refractivity contribution in [2.75, 3.05) is 11.9 Å². The average molecular weight is 370 g/mol. The number of anilines is 1. The summed E-state index contributed by atoms with van der Waals surface area (Å²) < 4.78 is 19.4. The normalized spacial score (nSPS) is 15.6. The number of hydrogen-bond acceptors (Lipinski definition) is 3. The average Bonchev–Trinajstić information content (AvgIpc) is 2.66. The van der Waals surface area contributed by atoms with Crippen LogP contribution in [-0.2, 0) is 22.6 Å². The van der Waals surface area contributed by atoms with Gasteiger partial charge in [-0.15, -0.1) is 0 Å². The quantitative estimate of drug-likeness (QED) is 0.849. The minimum Gasteiger partial charge on any atom is -0.492 e. The molecule has 5 nitrogen and oxygen atoms in total. The maximum Gasteiger partial charge on any atom is 0.227 e. The fourth-order valence-corrected chi connectivity index (χ4v) is 2.90. The Morgan fingerprint density at radius 3 is 2.74 bits per heavy atom. The Morgan fingerprint density at radius 2 is 2.00 bits per heavy atom. The van der Waals surface area contributed by atoms with Crippen LogP contribution in [0.15, 0.2) is 42.5 Å². The summed E-state index contributed by atoms with van der Waals surface area (Å²) in [6.45, 7) is 4.06. The molecule has 6 heteroatoms. The monoisotopic (exact) mass is 370 g/mol. The maximum absolute atomic E-state index is 13.7. The number of carbonyl (C=O) groups excluding carboxylic acids is 2. The van der Waals surface area contributed by atoms with Crippen LogP contribution < -0.4 is 15.4 Å². The molecule has 3 rings (SSSR count). The third-order valence-electron chi connectivity index (χ3n) is 4.54. The lowest BCUT2D eigenvalue weighted by atomic mass is 9.95. The Balaban J connectivity index is 1.63. The maximum atomic E-state index is 13.7. The van der Waals surface area contributed by atoms with E-state index in [9.17, 15) is 14.0 Å². The van der Waals surface area contributed by atoms with Crippen LogP contribution in [0.2, 0.25) is 0 Å². The summed E-state index contributed by atoms with van der Waals surface area (Å²) >= 11 is 0. The van der Waals surface area contributed by atoms with Gasteiger partial charge in [0.25, 0.3) is 0 Å². The van der Waals surface area contributed by atoms with Crippen LogP contribution in [0.5, 0.6) is 5.75 Å². The molecule has 1 unspecified atom stereocenters. The minimum atomic E-state index is -0.361. The van der Waals surface area contributed by atoms with Gasteiger partial charge in [-0.1, -0.05) is 32.0 Å². The molecule has 0 aliphatic carbocycles. The van der Waals surface area contributed by atoms with E-state index in [1.165, 1.54) is 6.07 Å². The van der Waals surface area contributed by atoms with Gasteiger partial charge in [0.1, 0.15) is 18.2 Å². The number of fused-ring (bicyclic) bond motifs is 1. The summed E-state index contributed by atoms with van der Waals surface area (Å²) in [6, 6.07) is 11.8. The smallest absolute Gasteiger partial charge is 0.227 e. The molecule has 2 amide bonds. The third-order valence-corrected chi connectivity index (χ3v) is 4.54. The molecule has 1 aliphatic rings. The van der Waals surface area contributed by atoms with E-state index in [1.807, 2.05) is 19.9 Å². The van der Waals surface area contributed by atoms with Gasteiger partial charge in [-0.3, -0.25) is 9.59 Å². The highest BCUT2D eigenvalue weighted by molar-refractivity contribution is 5.92. The Bertz CT molecular complexity index is 851. The number of halogens is 1. The highest BCUT2D eigenvalue weighted by atomic mass is 19.1. The largest absolute Gasteiger partial charge is 0.492 e. The molecular weight excluding hydrogens is 347 g/mol. The lowest BCUT2D eigenvalue weighted by molar-refractivity contribution is -0.126.